The molecule has 0 aromatic rings. The highest BCUT2D eigenvalue weighted by Crippen LogP contribution is 2.56. The molecule has 7 heteroatoms. The fraction of sp³-hybridized carbons (Fsp3) is 0.933. The molecule has 0 aromatic heterocycles. The number of hydrogen-bond acceptors (Lipinski definition) is 4. The van der Waals surface area contributed by atoms with Crippen LogP contribution in [0.2, 0.25) is 36.3 Å². The van der Waals surface area contributed by atoms with Crippen molar-refractivity contribution in [2.75, 3.05) is 5.75 Å². The van der Waals surface area contributed by atoms with Crippen LogP contribution in [-0.4, -0.2) is 48.6 Å². The SMILES string of the molecule is CC[Si](CC)(CC)O[C@H]1CCC[C@]2(C)C([C@H](C)[C@H](O)C[S@@](=O)(=N[Si](C)(C)C(C)(C)C)C(C)(C)C)=CC[C@@H]12. The molecule has 0 unspecified atom stereocenters. The molecular formula is C30H61NO3SSi2. The van der Waals surface area contributed by atoms with Gasteiger partial charge in [-0.25, -0.2) is 4.21 Å². The summed E-state index contributed by atoms with van der Waals surface area (Å²) >= 11 is 0. The molecule has 1 N–H and O–H groups in total. The van der Waals surface area contributed by atoms with Crippen LogP contribution in [0.5, 0.6) is 0 Å². The lowest BCUT2D eigenvalue weighted by molar-refractivity contribution is 0.0129. The summed E-state index contributed by atoms with van der Waals surface area (Å²) in [5.41, 5.74) is 1.43. The van der Waals surface area contributed by atoms with E-state index < -0.39 is 37.1 Å². The minimum Gasteiger partial charge on any atom is -0.414 e. The summed E-state index contributed by atoms with van der Waals surface area (Å²) < 4.78 is 26.3. The van der Waals surface area contributed by atoms with E-state index in [4.69, 9.17) is 8.45 Å². The Kier molecular flexibility index (Phi) is 10.3. The first-order chi connectivity index (χ1) is 16.7. The monoisotopic (exact) mass is 571 g/mol. The van der Waals surface area contributed by atoms with Gasteiger partial charge < -0.3 is 9.53 Å². The van der Waals surface area contributed by atoms with Crippen molar-refractivity contribution in [2.45, 2.75) is 155 Å². The minimum atomic E-state index is -2.62. The number of rotatable bonds is 10. The highest BCUT2D eigenvalue weighted by Gasteiger charge is 2.51. The molecule has 218 valence electrons. The smallest absolute Gasteiger partial charge is 0.192 e. The van der Waals surface area contributed by atoms with Gasteiger partial charge in [-0.1, -0.05) is 73.5 Å². The Balaban J connectivity index is 2.34. The van der Waals surface area contributed by atoms with Crippen molar-refractivity contribution in [1.82, 2.24) is 0 Å². The lowest BCUT2D eigenvalue weighted by Crippen LogP contribution is -2.48. The minimum absolute atomic E-state index is 0.0112. The topological polar surface area (TPSA) is 58.9 Å². The van der Waals surface area contributed by atoms with Gasteiger partial charge in [0.25, 0.3) is 0 Å². The van der Waals surface area contributed by atoms with Crippen molar-refractivity contribution in [3.63, 3.8) is 0 Å². The van der Waals surface area contributed by atoms with Crippen molar-refractivity contribution < 1.29 is 13.7 Å². The lowest BCUT2D eigenvalue weighted by Gasteiger charge is -2.48. The van der Waals surface area contributed by atoms with Crippen LogP contribution in [0.4, 0.5) is 0 Å². The van der Waals surface area contributed by atoms with E-state index in [2.05, 4.69) is 74.6 Å². The van der Waals surface area contributed by atoms with Gasteiger partial charge in [-0.3, -0.25) is 4.03 Å². The van der Waals surface area contributed by atoms with Gasteiger partial charge in [-0.2, -0.15) is 0 Å². The molecule has 0 radical (unpaired) electrons. The summed E-state index contributed by atoms with van der Waals surface area (Å²) in [4.78, 5) is 0. The second-order valence-corrected chi connectivity index (χ2v) is 27.8. The second-order valence-electron chi connectivity index (χ2n) is 14.9. The van der Waals surface area contributed by atoms with E-state index in [-0.39, 0.29) is 22.1 Å². The standard InChI is InChI=1S/C30H61NO3SSi2/c1-14-37(15-2,16-3)34-27-18-17-21-30(11)24(19-20-25(27)30)23(4)26(32)22-35(33,28(5,6)7)31-36(12,13)29(8,9)10/h19,23,25-27,32H,14-18,20-22H2,1-13H3/t23-,25-,26+,27-,30+,35-/m0/s1. The van der Waals surface area contributed by atoms with E-state index in [0.29, 0.717) is 12.0 Å². The molecule has 0 bridgehead atoms. The van der Waals surface area contributed by atoms with Crippen LogP contribution in [0.3, 0.4) is 0 Å². The maximum Gasteiger partial charge on any atom is 0.192 e. The Morgan fingerprint density at radius 3 is 2.14 bits per heavy atom. The van der Waals surface area contributed by atoms with E-state index in [0.717, 1.165) is 19.3 Å². The van der Waals surface area contributed by atoms with Gasteiger partial charge in [0.05, 0.1) is 11.9 Å². The number of aliphatic hydroxyl groups excluding tert-OH is 1. The fourth-order valence-corrected chi connectivity index (χ4v) is 16.0. The van der Waals surface area contributed by atoms with E-state index in [9.17, 15) is 9.32 Å². The van der Waals surface area contributed by atoms with Crippen LogP contribution in [-0.2, 0) is 14.2 Å². The normalized spacial score (nSPS) is 28.8. The Labute approximate surface area is 233 Å². The number of fused-ring (bicyclic) bond motifs is 1. The average molecular weight is 572 g/mol. The van der Waals surface area contributed by atoms with Gasteiger partial charge in [0.1, 0.15) is 0 Å². The van der Waals surface area contributed by atoms with Crippen molar-refractivity contribution in [2.24, 2.45) is 21.3 Å². The largest absolute Gasteiger partial charge is 0.414 e. The molecule has 4 nitrogen and oxygen atoms in total. The third kappa shape index (κ3) is 6.69. The third-order valence-electron chi connectivity index (χ3n) is 10.7. The van der Waals surface area contributed by atoms with Crippen LogP contribution >= 0.6 is 0 Å². The van der Waals surface area contributed by atoms with Crippen LogP contribution in [0.1, 0.15) is 102 Å². The number of allylic oxidation sites excluding steroid dienone is 1. The highest BCUT2D eigenvalue weighted by atomic mass is 32.2. The first kappa shape index (κ1) is 33.3. The predicted molar refractivity (Wildman–Crippen MR) is 168 cm³/mol. The van der Waals surface area contributed by atoms with Crippen molar-refractivity contribution in [3.8, 4) is 0 Å². The Hall–Kier alpha value is 0.0438. The summed E-state index contributed by atoms with van der Waals surface area (Å²) in [5.74, 6) is 0.711. The van der Waals surface area contributed by atoms with Crippen LogP contribution in [0.25, 0.3) is 0 Å². The quantitative estimate of drug-likeness (QED) is 0.210. The molecule has 2 rings (SSSR count). The molecule has 0 heterocycles. The maximum atomic E-state index is 14.5. The molecule has 0 amide bonds. The third-order valence-corrected chi connectivity index (χ3v) is 24.7. The molecule has 2 aliphatic rings. The first-order valence-electron chi connectivity index (χ1n) is 15.0. The summed E-state index contributed by atoms with van der Waals surface area (Å²) in [6.07, 6.45) is 6.61. The Bertz CT molecular complexity index is 927. The van der Waals surface area contributed by atoms with Gasteiger partial charge in [-0.05, 0) is 87.6 Å². The van der Waals surface area contributed by atoms with Gasteiger partial charge in [0, 0.05) is 26.5 Å². The van der Waals surface area contributed by atoms with E-state index in [1.807, 2.05) is 20.8 Å². The maximum absolute atomic E-state index is 14.5. The molecule has 2 aliphatic carbocycles. The zero-order valence-corrected chi connectivity index (χ0v) is 29.5. The highest BCUT2D eigenvalue weighted by molar-refractivity contribution is 7.95. The molecule has 1 fully saturated rings. The zero-order valence-electron chi connectivity index (χ0n) is 26.7. The van der Waals surface area contributed by atoms with Gasteiger partial charge in [-0.15, -0.1) is 0 Å². The van der Waals surface area contributed by atoms with Crippen molar-refractivity contribution in [3.05, 3.63) is 11.6 Å². The lowest BCUT2D eigenvalue weighted by atomic mass is 9.63. The molecule has 0 spiro atoms. The molecule has 37 heavy (non-hydrogen) atoms. The van der Waals surface area contributed by atoms with Crippen LogP contribution in [0.15, 0.2) is 15.7 Å². The van der Waals surface area contributed by atoms with Crippen molar-refractivity contribution >= 4 is 26.3 Å². The summed E-state index contributed by atoms with van der Waals surface area (Å²) in [5, 5.41) is 11.7. The predicted octanol–water partition coefficient (Wildman–Crippen LogP) is 8.78. The molecule has 0 aromatic carbocycles. The zero-order chi connectivity index (χ0) is 28.7. The molecule has 0 saturated heterocycles. The van der Waals surface area contributed by atoms with E-state index in [1.165, 1.54) is 30.1 Å². The van der Waals surface area contributed by atoms with Gasteiger partial charge in [0.15, 0.2) is 16.6 Å². The van der Waals surface area contributed by atoms with Gasteiger partial charge in [0.2, 0.25) is 0 Å². The summed E-state index contributed by atoms with van der Waals surface area (Å²) in [6, 6.07) is 3.57. The second kappa shape index (κ2) is 11.5. The number of hydrogen-bond donors (Lipinski definition) is 1. The van der Waals surface area contributed by atoms with Crippen LogP contribution in [0, 0.1) is 17.3 Å². The first-order valence-corrected chi connectivity index (χ1v) is 22.2. The van der Waals surface area contributed by atoms with Crippen LogP contribution < -0.4 is 0 Å². The Morgan fingerprint density at radius 2 is 1.68 bits per heavy atom. The molecular weight excluding hydrogens is 511 g/mol. The number of aliphatic hydroxyl groups is 1. The van der Waals surface area contributed by atoms with Gasteiger partial charge >= 0.3 is 0 Å². The van der Waals surface area contributed by atoms with Crippen molar-refractivity contribution in [1.29, 1.82) is 0 Å². The summed E-state index contributed by atoms with van der Waals surface area (Å²) in [7, 11) is -6.46. The number of nitrogens with zero attached hydrogens (tertiary/aromatic N) is 1. The average Bonchev–Trinajstić information content (AvgIpc) is 3.12. The molecule has 1 saturated carbocycles. The molecule has 6 atom stereocenters. The Morgan fingerprint density at radius 1 is 1.14 bits per heavy atom. The van der Waals surface area contributed by atoms with E-state index >= 15 is 0 Å². The van der Waals surface area contributed by atoms with E-state index in [1.54, 1.807) is 0 Å². The fourth-order valence-electron chi connectivity index (χ4n) is 6.41. The molecule has 0 aliphatic heterocycles. The summed E-state index contributed by atoms with van der Waals surface area (Å²) in [6.45, 7) is 28.7.